The first-order valence-electron chi connectivity index (χ1n) is 4.63. The van der Waals surface area contributed by atoms with Crippen LogP contribution in [0.3, 0.4) is 0 Å². The molecule has 0 saturated carbocycles. The van der Waals surface area contributed by atoms with Crippen molar-refractivity contribution in [1.82, 2.24) is 0 Å². The Morgan fingerprint density at radius 1 is 0.867 bits per heavy atom. The van der Waals surface area contributed by atoms with Crippen molar-refractivity contribution >= 4 is 57.4 Å². The van der Waals surface area contributed by atoms with E-state index in [0.717, 1.165) is 0 Å². The van der Waals surface area contributed by atoms with Gasteiger partial charge in [0.2, 0.25) is 0 Å². The summed E-state index contributed by atoms with van der Waals surface area (Å²) in [6, 6.07) is 0. The summed E-state index contributed by atoms with van der Waals surface area (Å²) in [4.78, 5) is 0. The molecule has 90 valence electrons. The fourth-order valence-electron chi connectivity index (χ4n) is 1.24. The third kappa shape index (κ3) is 3.31. The van der Waals surface area contributed by atoms with Crippen LogP contribution >= 0.6 is 0 Å². The SMILES string of the molecule is CCC(C)(S(=O)(=O)CC)S(=O)(=O)CC.[CaH2]. The summed E-state index contributed by atoms with van der Waals surface area (Å²) in [5, 5.41) is 0. The van der Waals surface area contributed by atoms with Crippen LogP contribution in [0.2, 0.25) is 0 Å². The Morgan fingerprint density at radius 2 is 1.13 bits per heavy atom. The Balaban J connectivity index is 0. The van der Waals surface area contributed by atoms with Crippen molar-refractivity contribution in [2.75, 3.05) is 11.5 Å². The standard InChI is InChI=1S/C8H18O4S2.Ca.2H/c1-5-8(4,13(9,10)6-2)14(11,12)7-3;;;/h5-7H2,1-4H3;;;. The molecule has 0 atom stereocenters. The first-order chi connectivity index (χ1) is 6.18. The molecule has 0 radical (unpaired) electrons. The molecule has 4 nitrogen and oxygen atoms in total. The van der Waals surface area contributed by atoms with Crippen LogP contribution in [0.4, 0.5) is 0 Å². The molecule has 0 heterocycles. The third-order valence-corrected chi connectivity index (χ3v) is 8.97. The molecule has 0 unspecified atom stereocenters. The second-order valence-corrected chi connectivity index (χ2v) is 8.97. The summed E-state index contributed by atoms with van der Waals surface area (Å²) >= 11 is 0. The second kappa shape index (κ2) is 6.19. The Kier molecular flexibility index (Phi) is 7.64. The van der Waals surface area contributed by atoms with Crippen LogP contribution in [-0.2, 0) is 19.7 Å². The van der Waals surface area contributed by atoms with Crippen molar-refractivity contribution in [3.05, 3.63) is 0 Å². The number of sulfone groups is 2. The van der Waals surface area contributed by atoms with E-state index in [2.05, 4.69) is 0 Å². The van der Waals surface area contributed by atoms with Gasteiger partial charge >= 0.3 is 37.7 Å². The number of hydrogen-bond donors (Lipinski definition) is 0. The topological polar surface area (TPSA) is 68.3 Å². The van der Waals surface area contributed by atoms with E-state index in [1.54, 1.807) is 6.92 Å². The van der Waals surface area contributed by atoms with Gasteiger partial charge in [0.1, 0.15) is 0 Å². The van der Waals surface area contributed by atoms with Gasteiger partial charge in [-0.3, -0.25) is 0 Å². The van der Waals surface area contributed by atoms with Gasteiger partial charge in [0.15, 0.2) is 23.8 Å². The molecule has 0 aromatic heterocycles. The predicted octanol–water partition coefficient (Wildman–Crippen LogP) is 0.0658. The Bertz CT molecular complexity index is 349. The van der Waals surface area contributed by atoms with Crippen molar-refractivity contribution < 1.29 is 16.8 Å². The molecule has 0 aliphatic rings. The van der Waals surface area contributed by atoms with E-state index in [9.17, 15) is 16.8 Å². The van der Waals surface area contributed by atoms with Gasteiger partial charge in [-0.05, 0) is 13.3 Å². The van der Waals surface area contributed by atoms with E-state index in [1.807, 2.05) is 0 Å². The van der Waals surface area contributed by atoms with Crippen molar-refractivity contribution in [2.24, 2.45) is 0 Å². The van der Waals surface area contributed by atoms with E-state index in [1.165, 1.54) is 20.8 Å². The van der Waals surface area contributed by atoms with Crippen LogP contribution in [0.5, 0.6) is 0 Å². The number of hydrogen-bond acceptors (Lipinski definition) is 4. The molecule has 0 bridgehead atoms. The third-order valence-electron chi connectivity index (χ3n) is 2.72. The normalized spacial score (nSPS) is 13.3. The van der Waals surface area contributed by atoms with Crippen molar-refractivity contribution in [3.63, 3.8) is 0 Å². The summed E-state index contributed by atoms with van der Waals surface area (Å²) < 4.78 is 45.1. The van der Waals surface area contributed by atoms with Gasteiger partial charge in [-0.25, -0.2) is 16.8 Å². The molecule has 15 heavy (non-hydrogen) atoms. The summed E-state index contributed by atoms with van der Waals surface area (Å²) in [7, 11) is -7.14. The Hall–Kier alpha value is 1.16. The molecule has 0 aromatic rings. The minimum atomic E-state index is -3.57. The molecule has 0 aliphatic heterocycles. The van der Waals surface area contributed by atoms with E-state index in [0.29, 0.717) is 0 Å². The van der Waals surface area contributed by atoms with Crippen molar-refractivity contribution in [2.45, 2.75) is 38.2 Å². The fourth-order valence-corrected chi connectivity index (χ4v) is 5.60. The molecule has 0 N–H and O–H groups in total. The van der Waals surface area contributed by atoms with Gasteiger partial charge in [-0.1, -0.05) is 20.8 Å². The first-order valence-corrected chi connectivity index (χ1v) is 7.93. The fraction of sp³-hybridized carbons (Fsp3) is 1.00. The van der Waals surface area contributed by atoms with E-state index in [-0.39, 0.29) is 55.7 Å². The van der Waals surface area contributed by atoms with Crippen LogP contribution in [0, 0.1) is 0 Å². The molecule has 0 spiro atoms. The second-order valence-electron chi connectivity index (χ2n) is 3.29. The maximum absolute atomic E-state index is 11.7. The molecule has 0 aromatic carbocycles. The van der Waals surface area contributed by atoms with Crippen molar-refractivity contribution in [1.29, 1.82) is 0 Å². The van der Waals surface area contributed by atoms with E-state index < -0.39 is 23.8 Å². The van der Waals surface area contributed by atoms with Crippen LogP contribution < -0.4 is 0 Å². The average molecular weight is 284 g/mol. The Labute approximate surface area is 123 Å². The maximum atomic E-state index is 11.7. The van der Waals surface area contributed by atoms with Gasteiger partial charge in [-0.15, -0.1) is 0 Å². The molecule has 0 saturated heterocycles. The van der Waals surface area contributed by atoms with Gasteiger partial charge < -0.3 is 0 Å². The van der Waals surface area contributed by atoms with E-state index in [4.69, 9.17) is 0 Å². The molecule has 0 fully saturated rings. The minimum absolute atomic E-state index is 0. The summed E-state index contributed by atoms with van der Waals surface area (Å²) in [5.74, 6) is -0.285. The van der Waals surface area contributed by atoms with Crippen LogP contribution in [0.15, 0.2) is 0 Å². The van der Waals surface area contributed by atoms with Gasteiger partial charge in [0.05, 0.1) is 0 Å². The molecule has 7 heteroatoms. The van der Waals surface area contributed by atoms with Gasteiger partial charge in [-0.2, -0.15) is 0 Å². The average Bonchev–Trinajstić information content (AvgIpc) is 2.15. The summed E-state index contributed by atoms with van der Waals surface area (Å²) in [6.07, 6.45) is 0.0966. The monoisotopic (exact) mass is 284 g/mol. The molecule has 0 amide bonds. The van der Waals surface area contributed by atoms with E-state index >= 15 is 0 Å². The van der Waals surface area contributed by atoms with Crippen LogP contribution in [-0.4, -0.2) is 70.2 Å². The van der Waals surface area contributed by atoms with Gasteiger partial charge in [0, 0.05) is 11.5 Å². The zero-order chi connectivity index (χ0) is 11.6. The van der Waals surface area contributed by atoms with Gasteiger partial charge in [0.25, 0.3) is 0 Å². The van der Waals surface area contributed by atoms with Crippen LogP contribution in [0.1, 0.15) is 34.1 Å². The Morgan fingerprint density at radius 3 is 1.27 bits per heavy atom. The molecular weight excluding hydrogens is 264 g/mol. The zero-order valence-electron chi connectivity index (χ0n) is 9.07. The predicted molar refractivity (Wildman–Crippen MR) is 66.2 cm³/mol. The molecule has 0 rings (SSSR count). The zero-order valence-corrected chi connectivity index (χ0v) is 10.7. The number of rotatable bonds is 5. The molecular formula is C8H20CaO4S2. The van der Waals surface area contributed by atoms with Crippen LogP contribution in [0.25, 0.3) is 0 Å². The quantitative estimate of drug-likeness (QED) is 0.670. The van der Waals surface area contributed by atoms with Crippen molar-refractivity contribution in [3.8, 4) is 0 Å². The summed E-state index contributed by atoms with van der Waals surface area (Å²) in [5.41, 5.74) is 0. The first kappa shape index (κ1) is 18.5. The molecule has 0 aliphatic carbocycles. The summed E-state index contributed by atoms with van der Waals surface area (Å²) in [6.45, 7) is 5.81.